The van der Waals surface area contributed by atoms with Crippen LogP contribution in [-0.2, 0) is 4.74 Å². The van der Waals surface area contributed by atoms with Gasteiger partial charge in [0.15, 0.2) is 5.75 Å². The van der Waals surface area contributed by atoms with Crippen LogP contribution in [0.25, 0.3) is 0 Å². The molecule has 0 amide bonds. The normalized spacial score (nSPS) is 12.2. The van der Waals surface area contributed by atoms with E-state index in [1.54, 1.807) is 19.2 Å². The van der Waals surface area contributed by atoms with E-state index in [2.05, 4.69) is 12.2 Å². The summed E-state index contributed by atoms with van der Waals surface area (Å²) in [4.78, 5) is 10.5. The van der Waals surface area contributed by atoms with E-state index < -0.39 is 4.92 Å². The molecule has 0 heterocycles. The first-order chi connectivity index (χ1) is 9.43. The number of hydrogen-bond donors (Lipinski definition) is 1. The van der Waals surface area contributed by atoms with Crippen molar-refractivity contribution in [3.8, 4) is 5.75 Å². The lowest BCUT2D eigenvalue weighted by Crippen LogP contribution is -2.16. The fraction of sp³-hybridized carbons (Fsp3) is 0.571. The van der Waals surface area contributed by atoms with Crippen molar-refractivity contribution in [2.24, 2.45) is 5.92 Å². The Bertz CT molecular complexity index is 449. The smallest absolute Gasteiger partial charge is 0.311 e. The maximum absolute atomic E-state index is 11.0. The molecule has 0 aliphatic heterocycles. The van der Waals surface area contributed by atoms with E-state index in [1.807, 2.05) is 13.8 Å². The Kier molecular flexibility index (Phi) is 6.24. The molecule has 0 saturated heterocycles. The lowest BCUT2D eigenvalue weighted by Gasteiger charge is -2.15. The van der Waals surface area contributed by atoms with Gasteiger partial charge in [-0.15, -0.1) is 0 Å². The average Bonchev–Trinajstić information content (AvgIpc) is 2.36. The average molecular weight is 282 g/mol. The van der Waals surface area contributed by atoms with Crippen molar-refractivity contribution in [3.63, 3.8) is 0 Å². The van der Waals surface area contributed by atoms with E-state index in [-0.39, 0.29) is 17.5 Å². The second kappa shape index (κ2) is 7.69. The summed E-state index contributed by atoms with van der Waals surface area (Å²) in [6.07, 6.45) is -0.114. The highest BCUT2D eigenvalue weighted by molar-refractivity contribution is 5.58. The second-order valence-corrected chi connectivity index (χ2v) is 5.05. The Morgan fingerprint density at radius 1 is 1.35 bits per heavy atom. The van der Waals surface area contributed by atoms with Crippen molar-refractivity contribution in [3.05, 3.63) is 28.3 Å². The van der Waals surface area contributed by atoms with Crippen molar-refractivity contribution in [2.75, 3.05) is 25.6 Å². The van der Waals surface area contributed by atoms with Crippen LogP contribution in [0.3, 0.4) is 0 Å². The van der Waals surface area contributed by atoms with Gasteiger partial charge in [-0.1, -0.05) is 6.92 Å². The number of nitrogens with zero attached hydrogens (tertiary/aromatic N) is 1. The van der Waals surface area contributed by atoms with Crippen LogP contribution < -0.4 is 10.1 Å². The number of rotatable bonds is 8. The number of nitrogens with one attached hydrogen (secondary N) is 1. The van der Waals surface area contributed by atoms with Crippen LogP contribution in [0.4, 0.5) is 11.4 Å². The molecule has 0 spiro atoms. The molecule has 0 bridgehead atoms. The molecule has 0 aliphatic rings. The highest BCUT2D eigenvalue weighted by Gasteiger charge is 2.16. The molecule has 0 aromatic heterocycles. The fourth-order valence-electron chi connectivity index (χ4n) is 1.76. The molecule has 112 valence electrons. The molecule has 0 radical (unpaired) electrons. The predicted octanol–water partition coefficient (Wildman–Crippen LogP) is 3.08. The molecular formula is C14H22N2O4. The van der Waals surface area contributed by atoms with Gasteiger partial charge < -0.3 is 14.8 Å². The SMILES string of the molecule is COCC(C)CNc1ccc([N+](=O)[O-])c(OC(C)C)c1. The minimum absolute atomic E-state index is 0.0193. The molecule has 1 aromatic rings. The van der Waals surface area contributed by atoms with E-state index in [0.29, 0.717) is 12.5 Å². The molecule has 1 aromatic carbocycles. The third-order valence-corrected chi connectivity index (χ3v) is 2.63. The van der Waals surface area contributed by atoms with Crippen LogP contribution in [0.5, 0.6) is 5.75 Å². The van der Waals surface area contributed by atoms with Gasteiger partial charge in [-0.05, 0) is 25.8 Å². The van der Waals surface area contributed by atoms with E-state index in [0.717, 1.165) is 12.2 Å². The molecule has 1 atom stereocenters. The molecule has 1 N–H and O–H groups in total. The Balaban J connectivity index is 2.81. The molecule has 0 saturated carbocycles. The van der Waals surface area contributed by atoms with Crippen LogP contribution in [0, 0.1) is 16.0 Å². The molecule has 6 heteroatoms. The number of benzene rings is 1. The van der Waals surface area contributed by atoms with Gasteiger partial charge in [0, 0.05) is 31.5 Å². The number of hydrogen-bond acceptors (Lipinski definition) is 5. The minimum Gasteiger partial charge on any atom is -0.484 e. The number of nitro groups is 1. The Morgan fingerprint density at radius 2 is 2.05 bits per heavy atom. The zero-order valence-corrected chi connectivity index (χ0v) is 12.4. The second-order valence-electron chi connectivity index (χ2n) is 5.05. The number of anilines is 1. The first-order valence-electron chi connectivity index (χ1n) is 6.62. The molecule has 1 rings (SSSR count). The van der Waals surface area contributed by atoms with Crippen LogP contribution in [0.2, 0.25) is 0 Å². The van der Waals surface area contributed by atoms with Gasteiger partial charge in [-0.2, -0.15) is 0 Å². The van der Waals surface area contributed by atoms with E-state index in [4.69, 9.17) is 9.47 Å². The van der Waals surface area contributed by atoms with Crippen molar-refractivity contribution >= 4 is 11.4 Å². The van der Waals surface area contributed by atoms with Crippen LogP contribution in [0.15, 0.2) is 18.2 Å². The van der Waals surface area contributed by atoms with Gasteiger partial charge in [-0.3, -0.25) is 10.1 Å². The largest absolute Gasteiger partial charge is 0.484 e. The summed E-state index contributed by atoms with van der Waals surface area (Å²) in [6, 6.07) is 4.81. The van der Waals surface area contributed by atoms with Crippen LogP contribution in [0.1, 0.15) is 20.8 Å². The summed E-state index contributed by atoms with van der Waals surface area (Å²) in [5, 5.41) is 14.2. The summed E-state index contributed by atoms with van der Waals surface area (Å²) in [5.41, 5.74) is 0.781. The van der Waals surface area contributed by atoms with E-state index in [9.17, 15) is 10.1 Å². The number of nitro benzene ring substituents is 1. The summed E-state index contributed by atoms with van der Waals surface area (Å²) < 4.78 is 10.6. The first-order valence-corrected chi connectivity index (χ1v) is 6.62. The first kappa shape index (κ1) is 16.2. The maximum atomic E-state index is 11.0. The lowest BCUT2D eigenvalue weighted by molar-refractivity contribution is -0.386. The molecule has 0 aliphatic carbocycles. The number of ether oxygens (including phenoxy) is 2. The van der Waals surface area contributed by atoms with Crippen molar-refractivity contribution in [1.82, 2.24) is 0 Å². The fourth-order valence-corrected chi connectivity index (χ4v) is 1.76. The molecule has 0 fully saturated rings. The minimum atomic E-state index is -0.435. The zero-order chi connectivity index (χ0) is 15.1. The lowest BCUT2D eigenvalue weighted by atomic mass is 10.2. The highest BCUT2D eigenvalue weighted by atomic mass is 16.6. The molecule has 1 unspecified atom stereocenters. The number of methoxy groups -OCH3 is 1. The Hall–Kier alpha value is -1.82. The van der Waals surface area contributed by atoms with Crippen LogP contribution in [-0.4, -0.2) is 31.3 Å². The van der Waals surface area contributed by atoms with Gasteiger partial charge >= 0.3 is 5.69 Å². The van der Waals surface area contributed by atoms with Crippen molar-refractivity contribution < 1.29 is 14.4 Å². The third-order valence-electron chi connectivity index (χ3n) is 2.63. The van der Waals surface area contributed by atoms with E-state index in [1.165, 1.54) is 6.07 Å². The van der Waals surface area contributed by atoms with E-state index >= 15 is 0 Å². The monoisotopic (exact) mass is 282 g/mol. The summed E-state index contributed by atoms with van der Waals surface area (Å²) in [6.45, 7) is 7.13. The van der Waals surface area contributed by atoms with Gasteiger partial charge in [0.25, 0.3) is 0 Å². The zero-order valence-electron chi connectivity index (χ0n) is 12.4. The highest BCUT2D eigenvalue weighted by Crippen LogP contribution is 2.30. The van der Waals surface area contributed by atoms with Gasteiger partial charge in [0.1, 0.15) is 0 Å². The topological polar surface area (TPSA) is 73.6 Å². The van der Waals surface area contributed by atoms with Crippen LogP contribution >= 0.6 is 0 Å². The van der Waals surface area contributed by atoms with Gasteiger partial charge in [-0.25, -0.2) is 0 Å². The quantitative estimate of drug-likeness (QED) is 0.586. The molecule has 6 nitrogen and oxygen atoms in total. The summed E-state index contributed by atoms with van der Waals surface area (Å²) in [5.74, 6) is 0.638. The van der Waals surface area contributed by atoms with Crippen molar-refractivity contribution in [2.45, 2.75) is 26.9 Å². The van der Waals surface area contributed by atoms with Crippen molar-refractivity contribution in [1.29, 1.82) is 0 Å². The standard InChI is InChI=1S/C14H22N2O4/c1-10(2)20-14-7-12(5-6-13(14)16(17)18)15-8-11(3)9-19-4/h5-7,10-11,15H,8-9H2,1-4H3. The molecular weight excluding hydrogens is 260 g/mol. The Labute approximate surface area is 119 Å². The summed E-state index contributed by atoms with van der Waals surface area (Å²) >= 11 is 0. The third kappa shape index (κ3) is 5.05. The van der Waals surface area contributed by atoms with Gasteiger partial charge in [0.05, 0.1) is 17.6 Å². The molecule has 20 heavy (non-hydrogen) atoms. The summed E-state index contributed by atoms with van der Waals surface area (Å²) in [7, 11) is 1.66. The van der Waals surface area contributed by atoms with Gasteiger partial charge in [0.2, 0.25) is 0 Å². The Morgan fingerprint density at radius 3 is 2.60 bits per heavy atom. The maximum Gasteiger partial charge on any atom is 0.311 e. The predicted molar refractivity (Wildman–Crippen MR) is 78.4 cm³/mol.